The van der Waals surface area contributed by atoms with E-state index in [9.17, 15) is 0 Å². The van der Waals surface area contributed by atoms with Gasteiger partial charge in [-0.2, -0.15) is 10.4 Å². The fraction of sp³-hybridized carbons (Fsp3) is 0.333. The van der Waals surface area contributed by atoms with Gasteiger partial charge >= 0.3 is 0 Å². The van der Waals surface area contributed by atoms with E-state index in [1.54, 1.807) is 12.3 Å². The number of nitriles is 1. The summed E-state index contributed by atoms with van der Waals surface area (Å²) in [7, 11) is 1.50. The summed E-state index contributed by atoms with van der Waals surface area (Å²) in [5.41, 5.74) is 7.39. The molecule has 4 nitrogen and oxygen atoms in total. The van der Waals surface area contributed by atoms with Crippen molar-refractivity contribution in [3.8, 4) is 6.07 Å². The molecular weight excluding hydrogens is 272 g/mol. The molecule has 0 radical (unpaired) electrons. The lowest BCUT2D eigenvalue weighted by Gasteiger charge is -1.97. The van der Waals surface area contributed by atoms with Crippen molar-refractivity contribution in [2.45, 2.75) is 34.2 Å². The van der Waals surface area contributed by atoms with Crippen LogP contribution in [-0.4, -0.2) is 16.8 Å². The molecule has 1 aromatic carbocycles. The molecular formula is C18H28N4. The van der Waals surface area contributed by atoms with Gasteiger partial charge in [-0.3, -0.25) is 4.68 Å². The monoisotopic (exact) mass is 300 g/mol. The third kappa shape index (κ3) is 8.03. The van der Waals surface area contributed by atoms with Crippen molar-refractivity contribution in [3.05, 3.63) is 54.8 Å². The molecule has 0 saturated heterocycles. The number of nitrogens with two attached hydrogens (primary N) is 1. The SMILES string of the molecule is C=C(C)C.C=CC.CCn1ncc2c(C#N)cccc21.CN. The van der Waals surface area contributed by atoms with E-state index in [1.165, 1.54) is 12.6 Å². The zero-order valence-corrected chi connectivity index (χ0v) is 14.4. The van der Waals surface area contributed by atoms with Gasteiger partial charge in [-0.05, 0) is 46.9 Å². The highest BCUT2D eigenvalue weighted by Crippen LogP contribution is 2.17. The van der Waals surface area contributed by atoms with Crippen molar-refractivity contribution in [2.75, 3.05) is 7.05 Å². The first-order chi connectivity index (χ1) is 10.5. The number of fused-ring (bicyclic) bond motifs is 1. The summed E-state index contributed by atoms with van der Waals surface area (Å²) in [6.07, 6.45) is 3.50. The van der Waals surface area contributed by atoms with Gasteiger partial charge in [-0.1, -0.05) is 17.7 Å². The molecule has 2 aromatic rings. The number of aryl methyl sites for hydroxylation is 1. The maximum atomic E-state index is 8.83. The Morgan fingerprint density at radius 2 is 1.91 bits per heavy atom. The van der Waals surface area contributed by atoms with Crippen LogP contribution in [0.15, 0.2) is 49.2 Å². The summed E-state index contributed by atoms with van der Waals surface area (Å²) in [6, 6.07) is 7.83. The molecule has 0 aliphatic heterocycles. The molecule has 2 N–H and O–H groups in total. The van der Waals surface area contributed by atoms with Crippen molar-refractivity contribution >= 4 is 10.9 Å². The normalized spacial score (nSPS) is 8.05. The largest absolute Gasteiger partial charge is 0.333 e. The summed E-state index contributed by atoms with van der Waals surface area (Å²) in [4.78, 5) is 0. The highest BCUT2D eigenvalue weighted by molar-refractivity contribution is 5.84. The molecule has 0 bridgehead atoms. The van der Waals surface area contributed by atoms with Gasteiger partial charge in [-0.25, -0.2) is 0 Å². The molecule has 0 saturated carbocycles. The number of aromatic nitrogens is 2. The molecule has 22 heavy (non-hydrogen) atoms. The van der Waals surface area contributed by atoms with E-state index in [-0.39, 0.29) is 0 Å². The molecule has 1 aromatic heterocycles. The van der Waals surface area contributed by atoms with E-state index < -0.39 is 0 Å². The molecule has 2 rings (SSSR count). The molecule has 0 amide bonds. The van der Waals surface area contributed by atoms with Crippen LogP contribution in [0.3, 0.4) is 0 Å². The quantitative estimate of drug-likeness (QED) is 0.799. The van der Waals surface area contributed by atoms with Crippen LogP contribution in [0.5, 0.6) is 0 Å². The maximum absolute atomic E-state index is 8.83. The minimum absolute atomic E-state index is 0.692. The van der Waals surface area contributed by atoms with E-state index in [4.69, 9.17) is 5.26 Å². The van der Waals surface area contributed by atoms with Crippen molar-refractivity contribution in [1.29, 1.82) is 5.26 Å². The molecule has 0 aliphatic carbocycles. The number of allylic oxidation sites excluding steroid dienone is 2. The minimum atomic E-state index is 0.692. The lowest BCUT2D eigenvalue weighted by molar-refractivity contribution is 0.684. The van der Waals surface area contributed by atoms with Gasteiger partial charge in [0.05, 0.1) is 23.3 Å². The fourth-order valence-corrected chi connectivity index (χ4v) is 1.45. The van der Waals surface area contributed by atoms with Crippen LogP contribution in [-0.2, 0) is 6.54 Å². The van der Waals surface area contributed by atoms with Crippen LogP contribution >= 0.6 is 0 Å². The average Bonchev–Trinajstić information content (AvgIpc) is 2.92. The third-order valence-corrected chi connectivity index (χ3v) is 2.11. The Kier molecular flexibility index (Phi) is 13.5. The Labute approximate surface area is 134 Å². The highest BCUT2D eigenvalue weighted by Gasteiger charge is 2.03. The van der Waals surface area contributed by atoms with Crippen molar-refractivity contribution in [3.63, 3.8) is 0 Å². The summed E-state index contributed by atoms with van der Waals surface area (Å²) in [6.45, 7) is 15.6. The van der Waals surface area contributed by atoms with Crippen molar-refractivity contribution in [2.24, 2.45) is 5.73 Å². The van der Waals surface area contributed by atoms with Crippen LogP contribution in [0, 0.1) is 11.3 Å². The van der Waals surface area contributed by atoms with Crippen LogP contribution in [0.1, 0.15) is 33.3 Å². The van der Waals surface area contributed by atoms with Crippen LogP contribution in [0.2, 0.25) is 0 Å². The van der Waals surface area contributed by atoms with Gasteiger partial charge < -0.3 is 5.73 Å². The van der Waals surface area contributed by atoms with E-state index in [1.807, 2.05) is 50.6 Å². The first kappa shape index (κ1) is 21.9. The highest BCUT2D eigenvalue weighted by atomic mass is 15.3. The maximum Gasteiger partial charge on any atom is 0.0999 e. The van der Waals surface area contributed by atoms with Gasteiger partial charge in [0.2, 0.25) is 0 Å². The zero-order valence-electron chi connectivity index (χ0n) is 14.4. The Hall–Kier alpha value is -2.38. The molecule has 4 heteroatoms. The van der Waals surface area contributed by atoms with Crippen molar-refractivity contribution < 1.29 is 0 Å². The Morgan fingerprint density at radius 3 is 2.32 bits per heavy atom. The number of rotatable bonds is 1. The third-order valence-electron chi connectivity index (χ3n) is 2.11. The summed E-state index contributed by atoms with van der Waals surface area (Å²) < 4.78 is 1.89. The zero-order chi connectivity index (χ0) is 17.5. The molecule has 0 spiro atoms. The van der Waals surface area contributed by atoms with Crippen molar-refractivity contribution in [1.82, 2.24) is 9.78 Å². The molecule has 0 fully saturated rings. The second-order valence-electron chi connectivity index (χ2n) is 4.43. The van der Waals surface area contributed by atoms with Crippen LogP contribution < -0.4 is 5.73 Å². The molecule has 0 atom stereocenters. The van der Waals surface area contributed by atoms with Gasteiger partial charge in [-0.15, -0.1) is 13.2 Å². The molecule has 0 unspecified atom stereocenters. The predicted molar refractivity (Wildman–Crippen MR) is 96.6 cm³/mol. The second-order valence-corrected chi connectivity index (χ2v) is 4.43. The first-order valence-electron chi connectivity index (χ1n) is 7.13. The van der Waals surface area contributed by atoms with E-state index >= 15 is 0 Å². The van der Waals surface area contributed by atoms with Crippen LogP contribution in [0.25, 0.3) is 10.9 Å². The Bertz CT molecular complexity index is 599. The average molecular weight is 300 g/mol. The minimum Gasteiger partial charge on any atom is -0.333 e. The Morgan fingerprint density at radius 1 is 1.41 bits per heavy atom. The standard InChI is InChI=1S/C10H9N3.C4H8.C3H6.CH5N/c1-2-13-10-5-3-4-8(6-11)9(10)7-12-13;1-4(2)3;1-3-2;1-2/h3-5,7H,2H2,1H3;1H2,2-3H3;3H,1H2,2H3;2H2,1H3. The van der Waals surface area contributed by atoms with E-state index in [0.717, 1.165) is 17.4 Å². The Balaban J connectivity index is 0. The van der Waals surface area contributed by atoms with Gasteiger partial charge in [0, 0.05) is 11.9 Å². The number of hydrogen-bond acceptors (Lipinski definition) is 3. The summed E-state index contributed by atoms with van der Waals surface area (Å²) in [5, 5.41) is 14.0. The topological polar surface area (TPSA) is 67.6 Å². The van der Waals surface area contributed by atoms with Crippen LogP contribution in [0.4, 0.5) is 0 Å². The molecule has 0 aliphatic rings. The number of hydrogen-bond donors (Lipinski definition) is 1. The summed E-state index contributed by atoms with van der Waals surface area (Å²) in [5.74, 6) is 0. The van der Waals surface area contributed by atoms with Gasteiger partial charge in [0.1, 0.15) is 0 Å². The smallest absolute Gasteiger partial charge is 0.0999 e. The first-order valence-corrected chi connectivity index (χ1v) is 7.13. The van der Waals surface area contributed by atoms with Gasteiger partial charge in [0.15, 0.2) is 0 Å². The van der Waals surface area contributed by atoms with E-state index in [2.05, 4.69) is 30.1 Å². The predicted octanol–water partition coefficient (Wildman–Crippen LogP) is 4.28. The number of benzene rings is 1. The molecule has 120 valence electrons. The van der Waals surface area contributed by atoms with Gasteiger partial charge in [0.25, 0.3) is 0 Å². The molecule has 1 heterocycles. The number of nitrogens with zero attached hydrogens (tertiary/aromatic N) is 3. The summed E-state index contributed by atoms with van der Waals surface area (Å²) >= 11 is 0. The van der Waals surface area contributed by atoms with E-state index in [0.29, 0.717) is 5.56 Å². The lowest BCUT2D eigenvalue weighted by Crippen LogP contribution is -1.94. The lowest BCUT2D eigenvalue weighted by atomic mass is 10.1. The fourth-order valence-electron chi connectivity index (χ4n) is 1.45. The second kappa shape index (κ2) is 13.6.